The molecular weight excluding hydrogens is 520 g/mol. The fourth-order valence-electron chi connectivity index (χ4n) is 5.43. The van der Waals surface area contributed by atoms with E-state index in [0.29, 0.717) is 16.7 Å². The number of hydrogen-bond donors (Lipinski definition) is 1. The first-order valence-electron chi connectivity index (χ1n) is 13.6. The van der Waals surface area contributed by atoms with Gasteiger partial charge in [0.05, 0.1) is 33.0 Å². The number of aromatic nitrogens is 5. The first kappa shape index (κ1) is 26.0. The number of unbranched alkanes of at least 4 members (excludes halogenated alkanes) is 2. The van der Waals surface area contributed by atoms with E-state index < -0.39 is 15.9 Å². The molecule has 0 aliphatic carbocycles. The topological polar surface area (TPSA) is 109 Å². The van der Waals surface area contributed by atoms with Crippen LogP contribution in [0.2, 0.25) is 0 Å². The quantitative estimate of drug-likeness (QED) is 0.217. The van der Waals surface area contributed by atoms with E-state index in [1.807, 2.05) is 56.3 Å². The van der Waals surface area contributed by atoms with Crippen LogP contribution < -0.4 is 5.73 Å². The van der Waals surface area contributed by atoms with Crippen molar-refractivity contribution in [2.75, 3.05) is 5.73 Å². The highest BCUT2D eigenvalue weighted by Crippen LogP contribution is 2.39. The lowest BCUT2D eigenvalue weighted by molar-refractivity contribution is 0.538. The van der Waals surface area contributed by atoms with Gasteiger partial charge in [0.2, 0.25) is 9.84 Å². The zero-order valence-electron chi connectivity index (χ0n) is 22.9. The number of para-hydroxylation sites is 4. The van der Waals surface area contributed by atoms with Crippen molar-refractivity contribution in [2.24, 2.45) is 0 Å². The molecule has 204 valence electrons. The van der Waals surface area contributed by atoms with Gasteiger partial charge >= 0.3 is 0 Å². The molecule has 2 N–H and O–H groups in total. The van der Waals surface area contributed by atoms with E-state index in [-0.39, 0.29) is 21.1 Å². The number of anilines is 1. The third kappa shape index (κ3) is 4.21. The third-order valence-corrected chi connectivity index (χ3v) is 9.35. The fraction of sp³-hybridized carbons (Fsp3) is 0.258. The van der Waals surface area contributed by atoms with Crippen LogP contribution in [-0.4, -0.2) is 32.5 Å². The average Bonchev–Trinajstić information content (AvgIpc) is 3.46. The Kier molecular flexibility index (Phi) is 6.54. The number of nitrogens with two attached hydrogens (primary N) is 1. The highest BCUT2D eigenvalue weighted by molar-refractivity contribution is 7.92. The molecule has 0 saturated carbocycles. The van der Waals surface area contributed by atoms with E-state index in [0.717, 1.165) is 48.2 Å². The van der Waals surface area contributed by atoms with Crippen LogP contribution >= 0.6 is 0 Å². The Morgan fingerprint density at radius 2 is 1.50 bits per heavy atom. The lowest BCUT2D eigenvalue weighted by Crippen LogP contribution is -2.17. The Balaban J connectivity index is 1.62. The maximum Gasteiger partial charge on any atom is 0.212 e. The van der Waals surface area contributed by atoms with Crippen LogP contribution in [0, 0.1) is 6.92 Å². The molecule has 8 nitrogen and oxygen atoms in total. The van der Waals surface area contributed by atoms with Crippen LogP contribution in [0.1, 0.15) is 50.5 Å². The third-order valence-electron chi connectivity index (χ3n) is 7.52. The van der Waals surface area contributed by atoms with Gasteiger partial charge in [0.25, 0.3) is 0 Å². The molecule has 0 unspecified atom stereocenters. The molecule has 0 aliphatic rings. The van der Waals surface area contributed by atoms with E-state index >= 15 is 0 Å². The lowest BCUT2D eigenvalue weighted by atomic mass is 10.2. The highest BCUT2D eigenvalue weighted by atomic mass is 32.2. The van der Waals surface area contributed by atoms with Gasteiger partial charge in [-0.15, -0.1) is 0 Å². The van der Waals surface area contributed by atoms with Crippen molar-refractivity contribution in [1.82, 2.24) is 24.1 Å². The van der Waals surface area contributed by atoms with Gasteiger partial charge in [-0.3, -0.25) is 4.57 Å². The molecule has 1 atom stereocenters. The van der Waals surface area contributed by atoms with Crippen molar-refractivity contribution in [2.45, 2.75) is 62.4 Å². The number of nitrogens with zero attached hydrogens (tertiary/aromatic N) is 5. The predicted molar refractivity (Wildman–Crippen MR) is 159 cm³/mol. The van der Waals surface area contributed by atoms with Crippen LogP contribution in [0.5, 0.6) is 0 Å². The van der Waals surface area contributed by atoms with Crippen molar-refractivity contribution in [3.63, 3.8) is 0 Å². The molecule has 40 heavy (non-hydrogen) atoms. The fourth-order valence-corrected chi connectivity index (χ4v) is 6.93. The van der Waals surface area contributed by atoms with E-state index in [2.05, 4.69) is 17.6 Å². The van der Waals surface area contributed by atoms with Gasteiger partial charge in [-0.2, -0.15) is 0 Å². The number of sulfone groups is 1. The maximum atomic E-state index is 14.1. The Hall–Kier alpha value is -4.24. The number of aryl methyl sites for hydroxylation is 2. The molecule has 6 rings (SSSR count). The van der Waals surface area contributed by atoms with E-state index in [4.69, 9.17) is 20.7 Å². The lowest BCUT2D eigenvalue weighted by Gasteiger charge is -2.19. The molecule has 3 heterocycles. The number of fused-ring (bicyclic) bond motifs is 3. The van der Waals surface area contributed by atoms with Crippen LogP contribution in [-0.2, 0) is 16.4 Å². The van der Waals surface area contributed by atoms with Crippen molar-refractivity contribution >= 4 is 48.9 Å². The Morgan fingerprint density at radius 3 is 2.20 bits per heavy atom. The normalized spacial score (nSPS) is 13.0. The van der Waals surface area contributed by atoms with Gasteiger partial charge < -0.3 is 10.3 Å². The summed E-state index contributed by atoms with van der Waals surface area (Å²) in [6.07, 6.45) is 3.22. The second-order valence-electron chi connectivity index (χ2n) is 10.3. The largest absolute Gasteiger partial charge is 0.384 e. The second kappa shape index (κ2) is 10.1. The standard InChI is InChI=1S/C31H32N6O2S/c1-4-5-10-19-36-26-14-9-8-13-25(26)35-30(36)21(3)37-29(32)28(40(38,39)22-17-15-20(2)16-18-22)27-31(37)34-24-12-7-6-11-23(24)33-27/h6-9,11-18,21H,4-5,10,19,32H2,1-3H3/t21-/m1/s1. The molecule has 6 aromatic rings. The predicted octanol–water partition coefficient (Wildman–Crippen LogP) is 6.46. The zero-order chi connectivity index (χ0) is 28.0. The summed E-state index contributed by atoms with van der Waals surface area (Å²) in [6, 6.07) is 21.9. The summed E-state index contributed by atoms with van der Waals surface area (Å²) < 4.78 is 32.2. The van der Waals surface area contributed by atoms with Gasteiger partial charge in [-0.05, 0) is 56.7 Å². The SMILES string of the molecule is CCCCCn1c([C@@H](C)n2c(N)c(S(=O)(=O)c3ccc(C)cc3)c3nc4ccccc4nc32)nc2ccccc21. The van der Waals surface area contributed by atoms with Gasteiger partial charge in [0, 0.05) is 6.54 Å². The van der Waals surface area contributed by atoms with Gasteiger partial charge in [0.1, 0.15) is 22.1 Å². The summed E-state index contributed by atoms with van der Waals surface area (Å²) in [5.74, 6) is 0.903. The summed E-state index contributed by atoms with van der Waals surface area (Å²) in [5.41, 5.74) is 11.6. The smallest absolute Gasteiger partial charge is 0.212 e. The molecule has 0 aliphatic heterocycles. The van der Waals surface area contributed by atoms with Crippen molar-refractivity contribution in [3.8, 4) is 0 Å². The Bertz CT molecular complexity index is 1970. The Morgan fingerprint density at radius 1 is 0.850 bits per heavy atom. The second-order valence-corrected chi connectivity index (χ2v) is 12.2. The monoisotopic (exact) mass is 552 g/mol. The van der Waals surface area contributed by atoms with Crippen LogP contribution in [0.25, 0.3) is 33.2 Å². The van der Waals surface area contributed by atoms with Gasteiger partial charge in [-0.1, -0.05) is 61.7 Å². The van der Waals surface area contributed by atoms with Crippen molar-refractivity contribution in [1.29, 1.82) is 0 Å². The summed E-state index contributed by atoms with van der Waals surface area (Å²) >= 11 is 0. The summed E-state index contributed by atoms with van der Waals surface area (Å²) in [5, 5.41) is 0. The first-order valence-corrected chi connectivity index (χ1v) is 15.1. The molecule has 0 saturated heterocycles. The summed E-state index contributed by atoms with van der Waals surface area (Å²) in [7, 11) is -4.00. The molecular formula is C31H32N6O2S. The zero-order valence-corrected chi connectivity index (χ0v) is 23.7. The van der Waals surface area contributed by atoms with E-state index in [1.165, 1.54) is 0 Å². The molecule has 3 aromatic carbocycles. The minimum Gasteiger partial charge on any atom is -0.384 e. The molecule has 0 radical (unpaired) electrons. The average molecular weight is 553 g/mol. The molecule has 0 bridgehead atoms. The highest BCUT2D eigenvalue weighted by Gasteiger charge is 2.33. The van der Waals surface area contributed by atoms with Gasteiger partial charge in [-0.25, -0.2) is 23.4 Å². The molecule has 9 heteroatoms. The molecule has 3 aromatic heterocycles. The number of imidazole rings is 1. The van der Waals surface area contributed by atoms with Crippen LogP contribution in [0.4, 0.5) is 5.82 Å². The number of benzene rings is 3. The minimum absolute atomic E-state index is 0.0231. The van der Waals surface area contributed by atoms with Crippen molar-refractivity contribution in [3.05, 3.63) is 84.2 Å². The molecule has 0 amide bonds. The minimum atomic E-state index is -4.00. The molecule has 0 fully saturated rings. The van der Waals surface area contributed by atoms with E-state index in [1.54, 1.807) is 28.8 Å². The van der Waals surface area contributed by atoms with Gasteiger partial charge in [0.15, 0.2) is 5.65 Å². The number of hydrogen-bond acceptors (Lipinski definition) is 6. The van der Waals surface area contributed by atoms with Crippen LogP contribution in [0.15, 0.2) is 82.6 Å². The van der Waals surface area contributed by atoms with Crippen molar-refractivity contribution < 1.29 is 8.42 Å². The summed E-state index contributed by atoms with van der Waals surface area (Å²) in [4.78, 5) is 14.9. The first-order chi connectivity index (χ1) is 19.3. The maximum absolute atomic E-state index is 14.1. The summed E-state index contributed by atoms with van der Waals surface area (Å²) in [6.45, 7) is 6.90. The van der Waals surface area contributed by atoms with E-state index in [9.17, 15) is 8.42 Å². The number of rotatable bonds is 8. The molecule has 0 spiro atoms. The number of nitrogen functional groups attached to an aromatic ring is 1. The Labute approximate surface area is 233 Å². The van der Waals surface area contributed by atoms with Crippen LogP contribution in [0.3, 0.4) is 0 Å².